The van der Waals surface area contributed by atoms with Crippen LogP contribution in [0.3, 0.4) is 0 Å². The number of nitrogens with one attached hydrogen (secondary N) is 4. The summed E-state index contributed by atoms with van der Waals surface area (Å²) in [6.07, 6.45) is 7.42. The molecule has 42 heavy (non-hydrogen) atoms. The Labute approximate surface area is 251 Å². The summed E-state index contributed by atoms with van der Waals surface area (Å²) in [4.78, 5) is 36.4. The summed E-state index contributed by atoms with van der Waals surface area (Å²) in [5.74, 6) is -0.102. The van der Waals surface area contributed by atoms with Crippen LogP contribution in [0.4, 0.5) is 0 Å². The normalized spacial score (nSPS) is 15.8. The lowest BCUT2D eigenvalue weighted by molar-refractivity contribution is -0.122. The largest absolute Gasteiger partial charge is 0.402 e. The maximum absolute atomic E-state index is 12.5. The molecular formula is C31H41N7O3S. The molecule has 2 aromatic rings. The van der Waals surface area contributed by atoms with Gasteiger partial charge in [-0.25, -0.2) is 0 Å². The minimum atomic E-state index is -0.259. The van der Waals surface area contributed by atoms with E-state index in [0.29, 0.717) is 25.0 Å². The van der Waals surface area contributed by atoms with E-state index in [1.807, 2.05) is 61.5 Å². The van der Waals surface area contributed by atoms with Crippen molar-refractivity contribution in [2.24, 2.45) is 16.6 Å². The second-order valence-corrected chi connectivity index (χ2v) is 11.2. The lowest BCUT2D eigenvalue weighted by Crippen LogP contribution is -2.39. The zero-order valence-electron chi connectivity index (χ0n) is 24.2. The number of amides is 3. The van der Waals surface area contributed by atoms with Gasteiger partial charge in [-0.3, -0.25) is 19.8 Å². The number of nitrogens with two attached hydrogens (primary N) is 2. The fourth-order valence-electron chi connectivity index (χ4n) is 4.19. The van der Waals surface area contributed by atoms with Crippen LogP contribution in [0.25, 0.3) is 0 Å². The fourth-order valence-corrected chi connectivity index (χ4v) is 5.13. The van der Waals surface area contributed by atoms with Crippen LogP contribution in [0.2, 0.25) is 0 Å². The van der Waals surface area contributed by atoms with Crippen LogP contribution in [0, 0.1) is 0 Å². The van der Waals surface area contributed by atoms with Gasteiger partial charge in [-0.1, -0.05) is 73.3 Å². The van der Waals surface area contributed by atoms with Crippen molar-refractivity contribution in [2.45, 2.75) is 70.3 Å². The van der Waals surface area contributed by atoms with E-state index in [1.165, 1.54) is 11.8 Å². The van der Waals surface area contributed by atoms with E-state index in [-0.39, 0.29) is 41.5 Å². The first kappa shape index (κ1) is 32.3. The minimum absolute atomic E-state index is 0.0226. The van der Waals surface area contributed by atoms with Gasteiger partial charge >= 0.3 is 0 Å². The molecule has 2 atom stereocenters. The van der Waals surface area contributed by atoms with E-state index in [0.717, 1.165) is 41.0 Å². The molecule has 1 aliphatic heterocycles. The number of hydrogen-bond acceptors (Lipinski definition) is 8. The van der Waals surface area contributed by atoms with Crippen molar-refractivity contribution in [3.8, 4) is 0 Å². The maximum Gasteiger partial charge on any atom is 0.229 e. The Morgan fingerprint density at radius 3 is 2.48 bits per heavy atom. The molecule has 10 nitrogen and oxygen atoms in total. The number of rotatable bonds is 15. The van der Waals surface area contributed by atoms with Crippen molar-refractivity contribution >= 4 is 34.5 Å². The number of carbonyl (C=O) groups excluding carboxylic acids is 3. The van der Waals surface area contributed by atoms with Crippen LogP contribution in [-0.4, -0.2) is 28.3 Å². The highest BCUT2D eigenvalue weighted by Gasteiger charge is 2.20. The van der Waals surface area contributed by atoms with Gasteiger partial charge in [0.15, 0.2) is 5.50 Å². The van der Waals surface area contributed by atoms with Gasteiger partial charge in [-0.15, -0.1) is 0 Å². The number of nitrogens with zero attached hydrogens (tertiary/aromatic N) is 1. The second-order valence-electron chi connectivity index (χ2n) is 10.0. The molecule has 0 spiro atoms. The van der Waals surface area contributed by atoms with E-state index in [2.05, 4.69) is 26.5 Å². The molecule has 3 amide bonds. The average Bonchev–Trinajstić information content (AvgIpc) is 3.41. The Balaban J connectivity index is 1.32. The Morgan fingerprint density at radius 2 is 1.71 bits per heavy atom. The van der Waals surface area contributed by atoms with Crippen LogP contribution in [0.5, 0.6) is 0 Å². The van der Waals surface area contributed by atoms with Crippen molar-refractivity contribution < 1.29 is 14.4 Å². The van der Waals surface area contributed by atoms with Gasteiger partial charge in [-0.05, 0) is 61.4 Å². The molecule has 2 aromatic carbocycles. The Bertz CT molecular complexity index is 1310. The standard InChI is InChI=1S/C31H41N7O3S/c1-3-27(39)34-21(2)24-13-9-12-23(18-24)20-28(40)35-26(33)17-16-25(32)14-7-8-15-30-37-38-31(42-30)36-29(41)19-22-10-5-4-6-11-22/h4-6,9-13,16-18,21,31,38H,3,7-8,14-15,19-20,32-33H2,1-2H3,(H,34,39)(H,35,40)(H,36,41)/b25-16-,26-17+. The maximum atomic E-state index is 12.5. The van der Waals surface area contributed by atoms with Gasteiger partial charge in [0, 0.05) is 12.1 Å². The molecule has 2 unspecified atom stereocenters. The first-order valence-corrected chi connectivity index (χ1v) is 15.0. The molecule has 0 saturated carbocycles. The molecule has 8 N–H and O–H groups in total. The Morgan fingerprint density at radius 1 is 0.976 bits per heavy atom. The molecule has 11 heteroatoms. The molecule has 1 aliphatic rings. The van der Waals surface area contributed by atoms with E-state index >= 15 is 0 Å². The van der Waals surface area contributed by atoms with Crippen LogP contribution >= 0.6 is 11.8 Å². The summed E-state index contributed by atoms with van der Waals surface area (Å²) in [6, 6.07) is 17.0. The third kappa shape index (κ3) is 11.7. The molecule has 0 saturated heterocycles. The minimum Gasteiger partial charge on any atom is -0.402 e. The van der Waals surface area contributed by atoms with Gasteiger partial charge in [0.2, 0.25) is 17.7 Å². The summed E-state index contributed by atoms with van der Waals surface area (Å²) >= 11 is 1.51. The monoisotopic (exact) mass is 591 g/mol. The molecule has 224 valence electrons. The molecular weight excluding hydrogens is 550 g/mol. The van der Waals surface area contributed by atoms with Crippen molar-refractivity contribution in [2.75, 3.05) is 0 Å². The van der Waals surface area contributed by atoms with E-state index in [9.17, 15) is 14.4 Å². The van der Waals surface area contributed by atoms with Crippen LogP contribution in [0.1, 0.15) is 68.7 Å². The van der Waals surface area contributed by atoms with E-state index in [4.69, 9.17) is 11.5 Å². The number of hydrazone groups is 1. The number of allylic oxidation sites excluding steroid dienone is 3. The third-order valence-corrected chi connectivity index (χ3v) is 7.47. The molecule has 0 fully saturated rings. The second kappa shape index (κ2) is 16.9. The molecule has 3 rings (SSSR count). The SMILES string of the molecule is CCC(=O)NC(C)c1cccc(CC(=O)N/C(N)=C/C=C(\N)CCCCC2=NNC(NC(=O)Cc3ccccc3)S2)c1. The predicted molar refractivity (Wildman–Crippen MR) is 168 cm³/mol. The molecule has 0 aliphatic carbocycles. The van der Waals surface area contributed by atoms with Crippen molar-refractivity contribution in [3.63, 3.8) is 0 Å². The highest BCUT2D eigenvalue weighted by Crippen LogP contribution is 2.20. The Hall–Kier alpha value is -4.25. The lowest BCUT2D eigenvalue weighted by Gasteiger charge is -2.15. The topological polar surface area (TPSA) is 164 Å². The quantitative estimate of drug-likeness (QED) is 0.136. The highest BCUT2D eigenvalue weighted by atomic mass is 32.2. The number of carbonyl (C=O) groups is 3. The number of unbranched alkanes of at least 4 members (excludes halogenated alkanes) is 1. The van der Waals surface area contributed by atoms with Crippen LogP contribution in [0.15, 0.2) is 83.4 Å². The summed E-state index contributed by atoms with van der Waals surface area (Å²) < 4.78 is 0. The zero-order chi connectivity index (χ0) is 30.3. The first-order chi connectivity index (χ1) is 20.2. The summed E-state index contributed by atoms with van der Waals surface area (Å²) in [5.41, 5.74) is 18.2. The van der Waals surface area contributed by atoms with Crippen molar-refractivity contribution in [1.82, 2.24) is 21.4 Å². The van der Waals surface area contributed by atoms with Crippen molar-refractivity contribution in [3.05, 3.63) is 95.0 Å². The highest BCUT2D eigenvalue weighted by molar-refractivity contribution is 8.14. The van der Waals surface area contributed by atoms with Gasteiger partial charge in [-0.2, -0.15) is 5.10 Å². The summed E-state index contributed by atoms with van der Waals surface area (Å²) in [7, 11) is 0. The lowest BCUT2D eigenvalue weighted by atomic mass is 10.0. The predicted octanol–water partition coefficient (Wildman–Crippen LogP) is 3.43. The van der Waals surface area contributed by atoms with E-state index < -0.39 is 0 Å². The fraction of sp³-hybridized carbons (Fsp3) is 0.355. The summed E-state index contributed by atoms with van der Waals surface area (Å²) in [5, 5.41) is 13.8. The van der Waals surface area contributed by atoms with E-state index in [1.54, 1.807) is 19.1 Å². The van der Waals surface area contributed by atoms with Gasteiger partial charge < -0.3 is 27.4 Å². The zero-order valence-corrected chi connectivity index (χ0v) is 25.0. The first-order valence-electron chi connectivity index (χ1n) is 14.1. The number of hydrogen-bond donors (Lipinski definition) is 6. The molecule has 0 aromatic heterocycles. The molecule has 0 bridgehead atoms. The number of thioether (sulfide) groups is 1. The summed E-state index contributed by atoms with van der Waals surface area (Å²) in [6.45, 7) is 3.72. The van der Waals surface area contributed by atoms with Crippen LogP contribution < -0.4 is 32.8 Å². The van der Waals surface area contributed by atoms with Crippen LogP contribution in [-0.2, 0) is 27.2 Å². The average molecular weight is 592 g/mol. The number of benzene rings is 2. The van der Waals surface area contributed by atoms with Gasteiger partial charge in [0.05, 0.1) is 23.9 Å². The van der Waals surface area contributed by atoms with Gasteiger partial charge in [0.25, 0.3) is 0 Å². The molecule has 1 heterocycles. The van der Waals surface area contributed by atoms with Gasteiger partial charge in [0.1, 0.15) is 5.82 Å². The third-order valence-electron chi connectivity index (χ3n) is 6.44. The smallest absolute Gasteiger partial charge is 0.229 e. The molecule has 0 radical (unpaired) electrons. The van der Waals surface area contributed by atoms with Crippen molar-refractivity contribution in [1.29, 1.82) is 0 Å². The Kier molecular flexibility index (Phi) is 13.0.